The van der Waals surface area contributed by atoms with Crippen molar-refractivity contribution in [3.63, 3.8) is 0 Å². The molecule has 0 fully saturated rings. The Kier molecular flexibility index (Phi) is 23.4. The molecule has 48 heavy (non-hydrogen) atoms. The third-order valence-corrected chi connectivity index (χ3v) is 13.0. The van der Waals surface area contributed by atoms with Crippen LogP contribution in [-0.2, 0) is 36.1 Å². The van der Waals surface area contributed by atoms with Gasteiger partial charge >= 0.3 is 28.9 Å². The van der Waals surface area contributed by atoms with Gasteiger partial charge in [0.25, 0.3) is 5.56 Å². The molecular formula is C29H59N4O12P3. The SMILES string of the molecule is CCCCCCCCCCCCCCCCCCP(=O)(OC)OP(=O)(O)OP(=O)(O)OC[C@@H]1C=C[C@H](n2cc(C)c(=O)[nH]c2=O)O1.N.N. The molecule has 0 aromatic carbocycles. The number of nitrogens with one attached hydrogen (secondary N) is 1. The Labute approximate surface area is 284 Å². The summed E-state index contributed by atoms with van der Waals surface area (Å²) >= 11 is 0. The van der Waals surface area contributed by atoms with Crippen molar-refractivity contribution in [3.8, 4) is 0 Å². The normalized spacial score (nSPS) is 19.5. The van der Waals surface area contributed by atoms with E-state index in [9.17, 15) is 33.1 Å². The van der Waals surface area contributed by atoms with Crippen molar-refractivity contribution >= 4 is 23.2 Å². The zero-order chi connectivity index (χ0) is 34.1. The molecule has 282 valence electrons. The van der Waals surface area contributed by atoms with Gasteiger partial charge in [0, 0.05) is 18.9 Å². The molecule has 2 heterocycles. The standard InChI is InChI=1S/C29H53N2O12P3.2H3N/c1-4-5-6-7-8-9-10-11-12-13-14-15-16-17-18-19-22-44(34,39-3)42-46(37,38)43-45(35,36)40-24-26-20-21-27(41-26)31-23-25(2)28(32)30-29(31)33;;/h20-21,23,26-27H,4-19,22,24H2,1-3H3,(H,35,36)(H,37,38)(H,30,32,33);2*1H3/t26-,27+,44?;;/m0../s1. The van der Waals surface area contributed by atoms with E-state index in [0.29, 0.717) is 12.8 Å². The number of hydrogen-bond donors (Lipinski definition) is 5. The maximum atomic E-state index is 12.9. The van der Waals surface area contributed by atoms with Crippen LogP contribution in [-0.4, -0.2) is 45.3 Å². The molecule has 19 heteroatoms. The molecule has 0 bridgehead atoms. The van der Waals surface area contributed by atoms with E-state index < -0.39 is 53.4 Å². The van der Waals surface area contributed by atoms with E-state index in [1.54, 1.807) is 0 Å². The lowest BCUT2D eigenvalue weighted by Crippen LogP contribution is -2.33. The summed E-state index contributed by atoms with van der Waals surface area (Å²) in [4.78, 5) is 45.8. The number of aromatic nitrogens is 2. The van der Waals surface area contributed by atoms with Gasteiger partial charge in [0.15, 0.2) is 6.23 Å². The first kappa shape index (κ1) is 46.8. The van der Waals surface area contributed by atoms with Crippen LogP contribution in [0.5, 0.6) is 0 Å². The van der Waals surface area contributed by atoms with Gasteiger partial charge in [0.1, 0.15) is 6.10 Å². The van der Waals surface area contributed by atoms with E-state index in [-0.39, 0.29) is 24.0 Å². The molecule has 1 aromatic rings. The van der Waals surface area contributed by atoms with E-state index in [0.717, 1.165) is 30.9 Å². The van der Waals surface area contributed by atoms with Crippen LogP contribution in [0.25, 0.3) is 0 Å². The van der Waals surface area contributed by atoms with E-state index in [2.05, 4.69) is 16.2 Å². The second kappa shape index (κ2) is 24.0. The smallest absolute Gasteiger partial charge is 0.344 e. The second-order valence-corrected chi connectivity index (χ2v) is 17.1. The summed E-state index contributed by atoms with van der Waals surface area (Å²) in [5, 5.41) is 0. The predicted octanol–water partition coefficient (Wildman–Crippen LogP) is 7.97. The number of phosphoric ester groups is 1. The van der Waals surface area contributed by atoms with Crippen LogP contribution in [0.15, 0.2) is 27.9 Å². The largest absolute Gasteiger partial charge is 0.488 e. The van der Waals surface area contributed by atoms with Gasteiger partial charge in [-0.1, -0.05) is 109 Å². The average molecular weight is 749 g/mol. The summed E-state index contributed by atoms with van der Waals surface area (Å²) in [6.07, 6.45) is 20.7. The molecule has 3 unspecified atom stereocenters. The molecule has 2 rings (SSSR count). The number of unbranched alkanes of at least 4 members (excludes halogenated alkanes) is 15. The van der Waals surface area contributed by atoms with Crippen molar-refractivity contribution in [2.24, 2.45) is 0 Å². The summed E-state index contributed by atoms with van der Waals surface area (Å²) in [6, 6.07) is 0. The molecule has 9 N–H and O–H groups in total. The number of phosphoric acid groups is 2. The minimum absolute atomic E-state index is 0. The number of hydrogen-bond acceptors (Lipinski definition) is 12. The summed E-state index contributed by atoms with van der Waals surface area (Å²) in [7, 11) is -13.6. The molecule has 1 aliphatic rings. The number of aromatic amines is 1. The Bertz CT molecular complexity index is 1340. The van der Waals surface area contributed by atoms with Gasteiger partial charge in [-0.05, 0) is 19.4 Å². The Hall–Kier alpha value is -1.25. The van der Waals surface area contributed by atoms with Crippen LogP contribution >= 0.6 is 23.2 Å². The zero-order valence-electron chi connectivity index (χ0n) is 28.8. The van der Waals surface area contributed by atoms with Crippen LogP contribution < -0.4 is 23.6 Å². The third kappa shape index (κ3) is 18.7. The lowest BCUT2D eigenvalue weighted by Gasteiger charge is -2.21. The molecule has 0 saturated heterocycles. The Balaban J connectivity index is 0.0000110. The number of aryl methyl sites for hydroxylation is 1. The fourth-order valence-electron chi connectivity index (χ4n) is 5.03. The minimum atomic E-state index is -5.35. The number of rotatable bonds is 26. The van der Waals surface area contributed by atoms with Gasteiger partial charge in [-0.25, -0.2) is 18.2 Å². The maximum absolute atomic E-state index is 12.9. The summed E-state index contributed by atoms with van der Waals surface area (Å²) in [5.41, 5.74) is -0.991. The van der Waals surface area contributed by atoms with E-state index in [4.69, 9.17) is 18.1 Å². The van der Waals surface area contributed by atoms with Gasteiger partial charge in [-0.2, -0.15) is 4.31 Å². The van der Waals surface area contributed by atoms with Crippen LogP contribution in [0.2, 0.25) is 0 Å². The highest BCUT2D eigenvalue weighted by Gasteiger charge is 2.42. The Morgan fingerprint density at radius 2 is 1.29 bits per heavy atom. The first-order valence-corrected chi connectivity index (χ1v) is 21.0. The Morgan fingerprint density at radius 1 is 0.792 bits per heavy atom. The molecule has 0 radical (unpaired) electrons. The summed E-state index contributed by atoms with van der Waals surface area (Å²) in [6.45, 7) is 3.14. The summed E-state index contributed by atoms with van der Waals surface area (Å²) < 4.78 is 63.0. The molecule has 16 nitrogen and oxygen atoms in total. The zero-order valence-corrected chi connectivity index (χ0v) is 31.5. The van der Waals surface area contributed by atoms with Crippen molar-refractivity contribution in [2.45, 2.75) is 129 Å². The first-order valence-electron chi connectivity index (χ1n) is 16.3. The van der Waals surface area contributed by atoms with Gasteiger partial charge in [-0.3, -0.25) is 23.4 Å². The van der Waals surface area contributed by atoms with E-state index in [1.807, 2.05) is 0 Å². The minimum Gasteiger partial charge on any atom is -0.344 e. The van der Waals surface area contributed by atoms with Gasteiger partial charge < -0.3 is 31.3 Å². The highest BCUT2D eigenvalue weighted by Crippen LogP contribution is 2.69. The van der Waals surface area contributed by atoms with E-state index >= 15 is 0 Å². The lowest BCUT2D eigenvalue weighted by atomic mass is 10.0. The Morgan fingerprint density at radius 3 is 1.79 bits per heavy atom. The first-order chi connectivity index (χ1) is 21.8. The van der Waals surface area contributed by atoms with Crippen molar-refractivity contribution in [2.75, 3.05) is 19.9 Å². The topological polar surface area (TPSA) is 263 Å². The van der Waals surface area contributed by atoms with Crippen molar-refractivity contribution in [1.29, 1.82) is 0 Å². The van der Waals surface area contributed by atoms with Gasteiger partial charge in [-0.15, -0.1) is 0 Å². The molecular weight excluding hydrogens is 689 g/mol. The summed E-state index contributed by atoms with van der Waals surface area (Å²) in [5.74, 6) is 0. The number of ether oxygens (including phenoxy) is 1. The second-order valence-electron chi connectivity index (χ2n) is 11.6. The molecule has 5 atom stereocenters. The quantitative estimate of drug-likeness (QED) is 0.0342. The monoisotopic (exact) mass is 748 g/mol. The predicted molar refractivity (Wildman–Crippen MR) is 186 cm³/mol. The average Bonchev–Trinajstić information content (AvgIpc) is 3.46. The molecule has 0 aliphatic carbocycles. The van der Waals surface area contributed by atoms with Crippen molar-refractivity contribution < 1.29 is 45.9 Å². The highest BCUT2D eigenvalue weighted by molar-refractivity contribution is 7.68. The van der Waals surface area contributed by atoms with Crippen molar-refractivity contribution in [1.82, 2.24) is 21.9 Å². The fourth-order valence-corrected chi connectivity index (χ4v) is 9.63. The molecule has 0 saturated carbocycles. The number of H-pyrrole nitrogens is 1. The van der Waals surface area contributed by atoms with Crippen LogP contribution in [0.4, 0.5) is 0 Å². The highest BCUT2D eigenvalue weighted by atomic mass is 31.3. The molecule has 1 aromatic heterocycles. The van der Waals surface area contributed by atoms with E-state index in [1.165, 1.54) is 95.9 Å². The molecule has 0 spiro atoms. The molecule has 0 amide bonds. The van der Waals surface area contributed by atoms with Gasteiger partial charge in [0.05, 0.1) is 12.8 Å². The lowest BCUT2D eigenvalue weighted by molar-refractivity contribution is -0.0104. The van der Waals surface area contributed by atoms with Crippen LogP contribution in [0, 0.1) is 6.92 Å². The number of nitrogens with zero attached hydrogens (tertiary/aromatic N) is 1. The third-order valence-electron chi connectivity index (χ3n) is 7.62. The molecule has 1 aliphatic heterocycles. The van der Waals surface area contributed by atoms with Crippen LogP contribution in [0.3, 0.4) is 0 Å². The van der Waals surface area contributed by atoms with Crippen LogP contribution in [0.1, 0.15) is 121 Å². The fraction of sp³-hybridized carbons (Fsp3) is 0.793. The van der Waals surface area contributed by atoms with Gasteiger partial charge in [0.2, 0.25) is 0 Å². The van der Waals surface area contributed by atoms with Crippen molar-refractivity contribution in [3.05, 3.63) is 44.8 Å². The maximum Gasteiger partial charge on any atom is 0.488 e.